The standard InChI is InChI=1S/C10H22O.2H3N/c1-3-5-7-9-11-10-8-6-4-2;;/h3-10H2,1-2H3;2*1H3. The third-order valence-electron chi connectivity index (χ3n) is 1.78. The molecule has 0 atom stereocenters. The van der Waals surface area contributed by atoms with Crippen LogP contribution in [0.25, 0.3) is 0 Å². The van der Waals surface area contributed by atoms with Crippen molar-refractivity contribution in [2.75, 3.05) is 13.2 Å². The molecule has 0 saturated heterocycles. The van der Waals surface area contributed by atoms with Crippen molar-refractivity contribution >= 4 is 0 Å². The van der Waals surface area contributed by atoms with Crippen molar-refractivity contribution in [1.82, 2.24) is 12.3 Å². The first-order valence-electron chi connectivity index (χ1n) is 4.99. The monoisotopic (exact) mass is 192 g/mol. The second kappa shape index (κ2) is 17.8. The number of rotatable bonds is 8. The van der Waals surface area contributed by atoms with Crippen LogP contribution in [-0.2, 0) is 4.74 Å². The van der Waals surface area contributed by atoms with Crippen molar-refractivity contribution < 1.29 is 4.74 Å². The number of hydrogen-bond donors (Lipinski definition) is 2. The molecule has 0 spiro atoms. The zero-order valence-electron chi connectivity index (χ0n) is 9.48. The van der Waals surface area contributed by atoms with Crippen molar-refractivity contribution in [2.45, 2.75) is 52.4 Å². The molecule has 13 heavy (non-hydrogen) atoms. The Labute approximate surface area is 83.4 Å². The van der Waals surface area contributed by atoms with Crippen molar-refractivity contribution in [3.8, 4) is 0 Å². The third kappa shape index (κ3) is 18.7. The summed E-state index contributed by atoms with van der Waals surface area (Å²) in [7, 11) is 0. The van der Waals surface area contributed by atoms with E-state index < -0.39 is 0 Å². The van der Waals surface area contributed by atoms with Gasteiger partial charge < -0.3 is 17.0 Å². The van der Waals surface area contributed by atoms with E-state index in [0.717, 1.165) is 13.2 Å². The van der Waals surface area contributed by atoms with Gasteiger partial charge in [-0.15, -0.1) is 0 Å². The Morgan fingerprint density at radius 1 is 0.692 bits per heavy atom. The first kappa shape index (κ1) is 18.6. The fraction of sp³-hybridized carbons (Fsp3) is 1.00. The smallest absolute Gasteiger partial charge is 0.0466 e. The van der Waals surface area contributed by atoms with Gasteiger partial charge in [0, 0.05) is 13.2 Å². The van der Waals surface area contributed by atoms with Crippen LogP contribution < -0.4 is 12.3 Å². The molecule has 3 nitrogen and oxygen atoms in total. The summed E-state index contributed by atoms with van der Waals surface area (Å²) < 4.78 is 5.44. The molecule has 0 aromatic carbocycles. The molecule has 0 rings (SSSR count). The molecule has 0 heterocycles. The highest BCUT2D eigenvalue weighted by atomic mass is 16.5. The predicted octanol–water partition coefficient (Wildman–Crippen LogP) is 3.71. The van der Waals surface area contributed by atoms with Crippen LogP contribution in [0, 0.1) is 0 Å². The van der Waals surface area contributed by atoms with E-state index in [1.54, 1.807) is 0 Å². The zero-order valence-corrected chi connectivity index (χ0v) is 9.48. The second-order valence-electron chi connectivity index (χ2n) is 3.03. The van der Waals surface area contributed by atoms with E-state index in [-0.39, 0.29) is 12.3 Å². The van der Waals surface area contributed by atoms with Crippen LogP contribution in [-0.4, -0.2) is 13.2 Å². The molecule has 0 saturated carbocycles. The summed E-state index contributed by atoms with van der Waals surface area (Å²) in [6.07, 6.45) is 7.68. The Kier molecular flexibility index (Phi) is 25.5. The number of ether oxygens (including phenoxy) is 1. The second-order valence-corrected chi connectivity index (χ2v) is 3.03. The van der Waals surface area contributed by atoms with Crippen LogP contribution in [0.4, 0.5) is 0 Å². The molecule has 0 radical (unpaired) electrons. The topological polar surface area (TPSA) is 79.2 Å². The molecule has 6 N–H and O–H groups in total. The molecule has 0 unspecified atom stereocenters. The molecule has 0 aliphatic heterocycles. The van der Waals surface area contributed by atoms with Gasteiger partial charge in [0.25, 0.3) is 0 Å². The summed E-state index contributed by atoms with van der Waals surface area (Å²) in [6.45, 7) is 6.38. The highest BCUT2D eigenvalue weighted by Crippen LogP contribution is 1.97. The first-order chi connectivity index (χ1) is 5.41. The lowest BCUT2D eigenvalue weighted by Gasteiger charge is -2.01. The minimum atomic E-state index is 0. The molecule has 84 valence electrons. The normalized spacial score (nSPS) is 8.77. The van der Waals surface area contributed by atoms with Crippen molar-refractivity contribution in [1.29, 1.82) is 0 Å². The molecule has 0 fully saturated rings. The van der Waals surface area contributed by atoms with Crippen LogP contribution in [0.15, 0.2) is 0 Å². The van der Waals surface area contributed by atoms with Gasteiger partial charge in [-0.05, 0) is 12.8 Å². The van der Waals surface area contributed by atoms with Gasteiger partial charge in [-0.2, -0.15) is 0 Å². The quantitative estimate of drug-likeness (QED) is 0.575. The van der Waals surface area contributed by atoms with Crippen LogP contribution >= 0.6 is 0 Å². The van der Waals surface area contributed by atoms with E-state index in [2.05, 4.69) is 13.8 Å². The average molecular weight is 192 g/mol. The minimum absolute atomic E-state index is 0. The maximum atomic E-state index is 5.44. The van der Waals surface area contributed by atoms with E-state index >= 15 is 0 Å². The summed E-state index contributed by atoms with van der Waals surface area (Å²) in [5, 5.41) is 0. The Morgan fingerprint density at radius 2 is 1.08 bits per heavy atom. The van der Waals surface area contributed by atoms with Crippen LogP contribution in [0.1, 0.15) is 52.4 Å². The Bertz CT molecular complexity index is 61.9. The highest BCUT2D eigenvalue weighted by molar-refractivity contribution is 4.38. The third-order valence-corrected chi connectivity index (χ3v) is 1.78. The molecule has 0 amide bonds. The number of unbranched alkanes of at least 4 members (excludes halogenated alkanes) is 4. The van der Waals surface area contributed by atoms with Gasteiger partial charge in [0.2, 0.25) is 0 Å². The largest absolute Gasteiger partial charge is 0.381 e. The van der Waals surface area contributed by atoms with Crippen molar-refractivity contribution in [3.05, 3.63) is 0 Å². The zero-order chi connectivity index (χ0) is 8.36. The van der Waals surface area contributed by atoms with E-state index in [9.17, 15) is 0 Å². The van der Waals surface area contributed by atoms with Gasteiger partial charge in [-0.1, -0.05) is 39.5 Å². The highest BCUT2D eigenvalue weighted by Gasteiger charge is 1.88. The lowest BCUT2D eigenvalue weighted by Crippen LogP contribution is -1.96. The fourth-order valence-corrected chi connectivity index (χ4v) is 1.01. The summed E-state index contributed by atoms with van der Waals surface area (Å²) in [5.41, 5.74) is 0. The summed E-state index contributed by atoms with van der Waals surface area (Å²) in [6, 6.07) is 0. The van der Waals surface area contributed by atoms with Gasteiger partial charge in [-0.25, -0.2) is 0 Å². The fourth-order valence-electron chi connectivity index (χ4n) is 1.01. The first-order valence-corrected chi connectivity index (χ1v) is 4.99. The Balaban J connectivity index is -0.000000500. The van der Waals surface area contributed by atoms with Gasteiger partial charge in [0.05, 0.1) is 0 Å². The lowest BCUT2D eigenvalue weighted by molar-refractivity contribution is 0.126. The molecular formula is C10H28N2O. The molecule has 0 aliphatic carbocycles. The van der Waals surface area contributed by atoms with Gasteiger partial charge in [0.15, 0.2) is 0 Å². The summed E-state index contributed by atoms with van der Waals surface area (Å²) in [4.78, 5) is 0. The Hall–Kier alpha value is -0.120. The molecule has 0 aromatic rings. The molecule has 3 heteroatoms. The summed E-state index contributed by atoms with van der Waals surface area (Å²) >= 11 is 0. The summed E-state index contributed by atoms with van der Waals surface area (Å²) in [5.74, 6) is 0. The Morgan fingerprint density at radius 3 is 1.38 bits per heavy atom. The van der Waals surface area contributed by atoms with Gasteiger partial charge in [0.1, 0.15) is 0 Å². The van der Waals surface area contributed by atoms with E-state index in [1.165, 1.54) is 38.5 Å². The van der Waals surface area contributed by atoms with E-state index in [1.807, 2.05) is 0 Å². The molecule has 0 aliphatic rings. The molecular weight excluding hydrogens is 164 g/mol. The van der Waals surface area contributed by atoms with Crippen LogP contribution in [0.2, 0.25) is 0 Å². The lowest BCUT2D eigenvalue weighted by atomic mass is 10.2. The average Bonchev–Trinajstić information content (AvgIpc) is 2.03. The molecule has 0 bridgehead atoms. The maximum Gasteiger partial charge on any atom is 0.0466 e. The minimum Gasteiger partial charge on any atom is -0.381 e. The number of hydrogen-bond acceptors (Lipinski definition) is 3. The van der Waals surface area contributed by atoms with Crippen LogP contribution in [0.3, 0.4) is 0 Å². The van der Waals surface area contributed by atoms with Gasteiger partial charge in [-0.3, -0.25) is 0 Å². The van der Waals surface area contributed by atoms with Crippen molar-refractivity contribution in [3.63, 3.8) is 0 Å². The maximum absolute atomic E-state index is 5.44. The molecule has 0 aromatic heterocycles. The van der Waals surface area contributed by atoms with Crippen LogP contribution in [0.5, 0.6) is 0 Å². The van der Waals surface area contributed by atoms with E-state index in [0.29, 0.717) is 0 Å². The van der Waals surface area contributed by atoms with Gasteiger partial charge >= 0.3 is 0 Å². The predicted molar refractivity (Wildman–Crippen MR) is 59.9 cm³/mol. The SMILES string of the molecule is CCCCCOCCCCC.N.N. The van der Waals surface area contributed by atoms with E-state index in [4.69, 9.17) is 4.74 Å². The van der Waals surface area contributed by atoms with Crippen molar-refractivity contribution in [2.24, 2.45) is 0 Å².